The van der Waals surface area contributed by atoms with Gasteiger partial charge in [0.1, 0.15) is 6.04 Å². The van der Waals surface area contributed by atoms with E-state index in [0.29, 0.717) is 32.6 Å². The average Bonchev–Trinajstić information content (AvgIpc) is 3.58. The normalized spacial score (nSPS) is 27.5. The molecular weight excluding hydrogens is 522 g/mol. The third-order valence-electron chi connectivity index (χ3n) is 8.89. The van der Waals surface area contributed by atoms with E-state index in [1.165, 1.54) is 0 Å². The summed E-state index contributed by atoms with van der Waals surface area (Å²) in [6, 6.07) is 8.64. The van der Waals surface area contributed by atoms with Crippen LogP contribution in [0, 0.1) is 17.8 Å². The lowest BCUT2D eigenvalue weighted by atomic mass is 9.70. The second kappa shape index (κ2) is 12.9. The van der Waals surface area contributed by atoms with Crippen LogP contribution in [0.4, 0.5) is 0 Å². The number of aliphatic hydroxyl groups is 1. The van der Waals surface area contributed by atoms with Crippen molar-refractivity contribution < 1.29 is 19.5 Å². The molecule has 4 rings (SSSR count). The zero-order chi connectivity index (χ0) is 29.0. The summed E-state index contributed by atoms with van der Waals surface area (Å²) in [7, 11) is 0. The smallest absolute Gasteiger partial charge is 0.247 e. The first kappa shape index (κ1) is 30.4. The molecule has 2 unspecified atom stereocenters. The van der Waals surface area contributed by atoms with Crippen molar-refractivity contribution in [1.29, 1.82) is 0 Å². The van der Waals surface area contributed by atoms with Crippen molar-refractivity contribution >= 4 is 29.5 Å². The molecule has 3 amide bonds. The predicted octanol–water partition coefficient (Wildman–Crippen LogP) is 4.12. The molecule has 218 valence electrons. The molecule has 7 nitrogen and oxygen atoms in total. The van der Waals surface area contributed by atoms with Crippen LogP contribution >= 0.6 is 11.8 Å². The first-order valence-electron chi connectivity index (χ1n) is 14.7. The van der Waals surface area contributed by atoms with E-state index in [-0.39, 0.29) is 35.5 Å². The Labute approximate surface area is 243 Å². The fraction of sp³-hybridized carbons (Fsp3) is 0.594. The molecule has 1 aromatic rings. The summed E-state index contributed by atoms with van der Waals surface area (Å²) in [5.74, 6) is -1.44. The number of hydrogen-bond donors (Lipinski definition) is 1. The number of aliphatic hydroxyl groups excluding tert-OH is 1. The Morgan fingerprint density at radius 2 is 1.82 bits per heavy atom. The third kappa shape index (κ3) is 5.37. The molecular formula is C32H45N3O4S. The minimum atomic E-state index is -0.712. The maximum Gasteiger partial charge on any atom is 0.247 e. The zero-order valence-electron chi connectivity index (χ0n) is 24.2. The number of likely N-dealkylation sites (tertiary alicyclic amines) is 1. The van der Waals surface area contributed by atoms with Crippen molar-refractivity contribution in [2.24, 2.45) is 17.8 Å². The third-order valence-corrected chi connectivity index (χ3v) is 10.8. The van der Waals surface area contributed by atoms with Crippen molar-refractivity contribution in [2.45, 2.75) is 75.1 Å². The lowest BCUT2D eigenvalue weighted by Gasteiger charge is -2.40. The van der Waals surface area contributed by atoms with Gasteiger partial charge in [-0.2, -0.15) is 0 Å². The van der Waals surface area contributed by atoms with E-state index in [0.717, 1.165) is 24.8 Å². The second-order valence-electron chi connectivity index (χ2n) is 11.7. The highest BCUT2D eigenvalue weighted by Gasteiger charge is 2.74. The molecule has 3 heterocycles. The van der Waals surface area contributed by atoms with Crippen LogP contribution in [0.1, 0.15) is 52.0 Å². The predicted molar refractivity (Wildman–Crippen MR) is 160 cm³/mol. The summed E-state index contributed by atoms with van der Waals surface area (Å²) >= 11 is 1.68. The van der Waals surface area contributed by atoms with Gasteiger partial charge in [0.15, 0.2) is 0 Å². The number of carbonyl (C=O) groups excluding carboxylic acids is 3. The van der Waals surface area contributed by atoms with Crippen LogP contribution < -0.4 is 0 Å². The standard InChI is InChI=1S/C32H45N3O4S/c1-6-9-19-33(17-7-2)31(39)28-32-16-15-25(40-32)26(27(32)30(38)35(28)24(21-36)22(4)5)29(37)34(18-8-3)20-23-13-11-10-12-14-23/h7-8,10-14,22,24-28,36H,2-3,6,9,15-21H2,1,4-5H3/t24-,25+,26-,27-,28?,32?/m0/s1. The number of rotatable bonds is 14. The van der Waals surface area contributed by atoms with E-state index < -0.39 is 28.7 Å². The molecule has 6 atom stereocenters. The number of unbranched alkanes of at least 4 members (excludes halogenated alkanes) is 1. The highest BCUT2D eigenvalue weighted by Crippen LogP contribution is 2.67. The lowest BCUT2D eigenvalue weighted by molar-refractivity contribution is -0.148. The second-order valence-corrected chi connectivity index (χ2v) is 13.3. The minimum absolute atomic E-state index is 0.0166. The Morgan fingerprint density at radius 3 is 2.42 bits per heavy atom. The van der Waals surface area contributed by atoms with Crippen LogP contribution in [0.2, 0.25) is 0 Å². The highest BCUT2D eigenvalue weighted by molar-refractivity contribution is 8.02. The van der Waals surface area contributed by atoms with Crippen molar-refractivity contribution in [3.05, 3.63) is 61.2 Å². The van der Waals surface area contributed by atoms with Gasteiger partial charge in [0.2, 0.25) is 17.7 Å². The molecule has 1 aromatic carbocycles. The molecule has 2 bridgehead atoms. The van der Waals surface area contributed by atoms with Gasteiger partial charge >= 0.3 is 0 Å². The van der Waals surface area contributed by atoms with Gasteiger partial charge in [-0.05, 0) is 30.7 Å². The maximum atomic E-state index is 14.5. The molecule has 0 aromatic heterocycles. The van der Waals surface area contributed by atoms with E-state index in [1.807, 2.05) is 49.1 Å². The van der Waals surface area contributed by atoms with Gasteiger partial charge in [-0.1, -0.05) is 69.7 Å². The minimum Gasteiger partial charge on any atom is -0.394 e. The number of carbonyl (C=O) groups is 3. The van der Waals surface area contributed by atoms with E-state index >= 15 is 0 Å². The molecule has 40 heavy (non-hydrogen) atoms. The fourth-order valence-electron chi connectivity index (χ4n) is 7.00. The Kier molecular flexibility index (Phi) is 9.83. The van der Waals surface area contributed by atoms with E-state index in [2.05, 4.69) is 20.1 Å². The number of benzene rings is 1. The Balaban J connectivity index is 1.74. The molecule has 1 N–H and O–H groups in total. The van der Waals surface area contributed by atoms with Gasteiger partial charge in [0, 0.05) is 31.4 Å². The van der Waals surface area contributed by atoms with Gasteiger partial charge in [0.25, 0.3) is 0 Å². The Morgan fingerprint density at radius 1 is 1.15 bits per heavy atom. The van der Waals surface area contributed by atoms with Gasteiger partial charge < -0.3 is 19.8 Å². The van der Waals surface area contributed by atoms with Crippen LogP contribution in [-0.4, -0.2) is 85.8 Å². The van der Waals surface area contributed by atoms with E-state index in [1.54, 1.807) is 33.7 Å². The molecule has 3 fully saturated rings. The summed E-state index contributed by atoms with van der Waals surface area (Å²) < 4.78 is -0.681. The monoisotopic (exact) mass is 567 g/mol. The molecule has 0 radical (unpaired) electrons. The van der Waals surface area contributed by atoms with E-state index in [9.17, 15) is 19.5 Å². The summed E-state index contributed by atoms with van der Waals surface area (Å²) in [5, 5.41) is 10.4. The van der Waals surface area contributed by atoms with Gasteiger partial charge in [-0.15, -0.1) is 24.9 Å². The first-order chi connectivity index (χ1) is 19.2. The summed E-state index contributed by atoms with van der Waals surface area (Å²) in [6.45, 7) is 15.4. The lowest BCUT2D eigenvalue weighted by Crippen LogP contribution is -2.58. The molecule has 1 spiro atoms. The number of fused-ring (bicyclic) bond motifs is 1. The zero-order valence-corrected chi connectivity index (χ0v) is 25.0. The topological polar surface area (TPSA) is 81.2 Å². The first-order valence-corrected chi connectivity index (χ1v) is 15.6. The van der Waals surface area contributed by atoms with Crippen molar-refractivity contribution in [2.75, 3.05) is 26.2 Å². The maximum absolute atomic E-state index is 14.5. The molecule has 8 heteroatoms. The number of thioether (sulfide) groups is 1. The highest BCUT2D eigenvalue weighted by atomic mass is 32.2. The van der Waals surface area contributed by atoms with Crippen LogP contribution in [0.3, 0.4) is 0 Å². The molecule has 3 aliphatic rings. The van der Waals surface area contributed by atoms with Gasteiger partial charge in [-0.3, -0.25) is 14.4 Å². The molecule has 3 saturated heterocycles. The summed E-state index contributed by atoms with van der Waals surface area (Å²) in [6.07, 6.45) is 6.77. The van der Waals surface area contributed by atoms with Crippen molar-refractivity contribution in [3.63, 3.8) is 0 Å². The SMILES string of the molecule is C=CCN(CCCC)C(=O)C1N([C@@H](CO)C(C)C)C(=O)[C@@H]2[C@@H](C(=O)N(CC=C)Cc3ccccc3)[C@H]3CCC12S3. The summed E-state index contributed by atoms with van der Waals surface area (Å²) in [5.41, 5.74) is 1.02. The van der Waals surface area contributed by atoms with Crippen LogP contribution in [0.25, 0.3) is 0 Å². The number of amides is 3. The molecule has 3 aliphatic heterocycles. The van der Waals surface area contributed by atoms with Crippen molar-refractivity contribution in [3.8, 4) is 0 Å². The van der Waals surface area contributed by atoms with Crippen LogP contribution in [0.5, 0.6) is 0 Å². The number of nitrogens with zero attached hydrogens (tertiary/aromatic N) is 3. The molecule has 0 saturated carbocycles. The van der Waals surface area contributed by atoms with Crippen LogP contribution in [0.15, 0.2) is 55.6 Å². The van der Waals surface area contributed by atoms with Gasteiger partial charge in [0.05, 0.1) is 29.2 Å². The van der Waals surface area contributed by atoms with Gasteiger partial charge in [-0.25, -0.2) is 0 Å². The number of hydrogen-bond acceptors (Lipinski definition) is 5. The molecule has 0 aliphatic carbocycles. The average molecular weight is 568 g/mol. The van der Waals surface area contributed by atoms with Crippen LogP contribution in [-0.2, 0) is 20.9 Å². The summed E-state index contributed by atoms with van der Waals surface area (Å²) in [4.78, 5) is 48.4. The van der Waals surface area contributed by atoms with Crippen molar-refractivity contribution in [1.82, 2.24) is 14.7 Å². The Bertz CT molecular complexity index is 1090. The largest absolute Gasteiger partial charge is 0.394 e. The Hall–Kier alpha value is -2.58. The fourth-order valence-corrected chi connectivity index (χ4v) is 9.19. The van der Waals surface area contributed by atoms with E-state index in [4.69, 9.17) is 0 Å². The quantitative estimate of drug-likeness (QED) is 0.342.